The van der Waals surface area contributed by atoms with E-state index in [9.17, 15) is 14.4 Å². The van der Waals surface area contributed by atoms with Crippen LogP contribution < -0.4 is 27.6 Å². The van der Waals surface area contributed by atoms with Gasteiger partial charge in [-0.05, 0) is 30.0 Å². The Labute approximate surface area is 164 Å². The lowest BCUT2D eigenvalue weighted by molar-refractivity contribution is 0.100. The number of amides is 1. The molecule has 2 aromatic rings. The fourth-order valence-corrected chi connectivity index (χ4v) is 3.09. The molecule has 5 N–H and O–H groups in total. The Morgan fingerprint density at radius 1 is 1.21 bits per heavy atom. The molecule has 0 radical (unpaired) electrons. The van der Waals surface area contributed by atoms with E-state index in [1.165, 1.54) is 4.57 Å². The number of rotatable bonds is 9. The monoisotopic (exact) mass is 387 g/mol. The van der Waals surface area contributed by atoms with Gasteiger partial charge >= 0.3 is 5.69 Å². The van der Waals surface area contributed by atoms with E-state index in [4.69, 9.17) is 11.5 Å². The lowest BCUT2D eigenvalue weighted by Gasteiger charge is -2.28. The number of primary amides is 1. The van der Waals surface area contributed by atoms with Gasteiger partial charge in [0.2, 0.25) is 5.91 Å². The molecule has 0 aliphatic heterocycles. The lowest BCUT2D eigenvalue weighted by atomic mass is 10.1. The van der Waals surface area contributed by atoms with Crippen molar-refractivity contribution < 1.29 is 4.79 Å². The van der Waals surface area contributed by atoms with Crippen molar-refractivity contribution in [1.29, 1.82) is 0 Å². The van der Waals surface area contributed by atoms with Crippen molar-refractivity contribution in [1.82, 2.24) is 9.55 Å². The second-order valence-corrected chi connectivity index (χ2v) is 7.33. The van der Waals surface area contributed by atoms with Crippen LogP contribution in [-0.2, 0) is 13.1 Å². The fourth-order valence-electron chi connectivity index (χ4n) is 3.09. The van der Waals surface area contributed by atoms with Gasteiger partial charge in [0.25, 0.3) is 5.56 Å². The summed E-state index contributed by atoms with van der Waals surface area (Å²) in [5.74, 6) is -0.0504. The van der Waals surface area contributed by atoms with Crippen LogP contribution in [-0.4, -0.2) is 22.0 Å². The van der Waals surface area contributed by atoms with Crippen molar-refractivity contribution in [2.75, 3.05) is 17.2 Å². The van der Waals surface area contributed by atoms with Crippen LogP contribution in [0.2, 0.25) is 0 Å². The van der Waals surface area contributed by atoms with Crippen LogP contribution >= 0.6 is 0 Å². The largest absolute Gasteiger partial charge is 0.383 e. The minimum atomic E-state index is -0.496. The van der Waals surface area contributed by atoms with Crippen molar-refractivity contribution in [3.8, 4) is 0 Å². The Morgan fingerprint density at radius 2 is 1.86 bits per heavy atom. The molecule has 1 aromatic heterocycles. The van der Waals surface area contributed by atoms with Crippen LogP contribution in [0.4, 0.5) is 11.5 Å². The number of nitrogens with one attached hydrogen (secondary N) is 1. The van der Waals surface area contributed by atoms with E-state index in [-0.39, 0.29) is 11.7 Å². The van der Waals surface area contributed by atoms with Crippen molar-refractivity contribution in [3.05, 3.63) is 56.2 Å². The van der Waals surface area contributed by atoms with Crippen LogP contribution in [0.25, 0.3) is 0 Å². The van der Waals surface area contributed by atoms with Gasteiger partial charge in [0.15, 0.2) is 0 Å². The Bertz CT molecular complexity index is 928. The number of unbranched alkanes of at least 4 members (excludes halogenated alkanes) is 1. The number of aromatic amines is 1. The van der Waals surface area contributed by atoms with Gasteiger partial charge in [-0.25, -0.2) is 4.79 Å². The molecule has 0 spiro atoms. The number of anilines is 2. The lowest BCUT2D eigenvalue weighted by Crippen LogP contribution is -2.39. The third-order valence-electron chi connectivity index (χ3n) is 4.46. The predicted octanol–water partition coefficient (Wildman–Crippen LogP) is 1.68. The van der Waals surface area contributed by atoms with Gasteiger partial charge in [-0.3, -0.25) is 19.1 Å². The minimum Gasteiger partial charge on any atom is -0.383 e. The zero-order valence-corrected chi connectivity index (χ0v) is 16.7. The van der Waals surface area contributed by atoms with E-state index >= 15 is 0 Å². The first-order valence-electron chi connectivity index (χ1n) is 9.50. The average Bonchev–Trinajstić information content (AvgIpc) is 2.61. The first-order chi connectivity index (χ1) is 13.2. The van der Waals surface area contributed by atoms with E-state index < -0.39 is 17.2 Å². The number of aromatic nitrogens is 2. The summed E-state index contributed by atoms with van der Waals surface area (Å²) in [5.41, 5.74) is 12.2. The molecule has 0 saturated carbocycles. The first kappa shape index (κ1) is 21.3. The Kier molecular flexibility index (Phi) is 7.03. The maximum atomic E-state index is 12.6. The highest BCUT2D eigenvalue weighted by Gasteiger charge is 2.20. The Morgan fingerprint density at radius 3 is 2.39 bits per heavy atom. The molecule has 0 aliphatic rings. The van der Waals surface area contributed by atoms with E-state index in [0.717, 1.165) is 18.4 Å². The van der Waals surface area contributed by atoms with Gasteiger partial charge < -0.3 is 16.4 Å². The molecule has 8 heteroatoms. The number of H-pyrrole nitrogens is 1. The van der Waals surface area contributed by atoms with Gasteiger partial charge in [0, 0.05) is 25.2 Å². The summed E-state index contributed by atoms with van der Waals surface area (Å²) < 4.78 is 1.42. The second-order valence-electron chi connectivity index (χ2n) is 7.33. The van der Waals surface area contributed by atoms with E-state index in [0.29, 0.717) is 30.9 Å². The Balaban J connectivity index is 2.46. The first-order valence-corrected chi connectivity index (χ1v) is 9.50. The maximum absolute atomic E-state index is 12.6. The molecule has 8 nitrogen and oxygen atoms in total. The van der Waals surface area contributed by atoms with E-state index in [2.05, 4.69) is 4.98 Å². The quantitative estimate of drug-likeness (QED) is 0.603. The summed E-state index contributed by atoms with van der Waals surface area (Å²) in [6.07, 6.45) is 1.69. The number of nitrogens with two attached hydrogens (primary N) is 2. The third-order valence-corrected chi connectivity index (χ3v) is 4.46. The van der Waals surface area contributed by atoms with Crippen LogP contribution in [0.3, 0.4) is 0 Å². The smallest absolute Gasteiger partial charge is 0.330 e. The number of carbonyl (C=O) groups is 1. The molecular weight excluding hydrogens is 358 g/mol. The van der Waals surface area contributed by atoms with Gasteiger partial charge in [-0.15, -0.1) is 0 Å². The topological polar surface area (TPSA) is 127 Å². The SMILES string of the molecule is CCCCn1c(N)c(N(Cc2ccc(C(N)=O)cc2)CC(C)C)c(=O)[nH]c1=O. The summed E-state index contributed by atoms with van der Waals surface area (Å²) in [6.45, 7) is 7.55. The van der Waals surface area contributed by atoms with Crippen LogP contribution in [0.15, 0.2) is 33.9 Å². The van der Waals surface area contributed by atoms with E-state index in [1.807, 2.05) is 25.7 Å². The molecule has 0 aliphatic carbocycles. The maximum Gasteiger partial charge on any atom is 0.330 e. The van der Waals surface area contributed by atoms with Crippen molar-refractivity contribution in [3.63, 3.8) is 0 Å². The number of hydrogen-bond donors (Lipinski definition) is 3. The molecule has 1 aromatic carbocycles. The van der Waals surface area contributed by atoms with Gasteiger partial charge in [-0.1, -0.05) is 39.3 Å². The number of hydrogen-bond acceptors (Lipinski definition) is 5. The molecule has 1 heterocycles. The van der Waals surface area contributed by atoms with Gasteiger partial charge in [-0.2, -0.15) is 0 Å². The van der Waals surface area contributed by atoms with Crippen molar-refractivity contribution in [2.45, 2.75) is 46.7 Å². The molecule has 0 unspecified atom stereocenters. The molecule has 2 rings (SSSR count). The summed E-state index contributed by atoms with van der Waals surface area (Å²) in [4.78, 5) is 40.3. The van der Waals surface area contributed by atoms with Crippen LogP contribution in [0.5, 0.6) is 0 Å². The highest BCUT2D eigenvalue weighted by atomic mass is 16.2. The predicted molar refractivity (Wildman–Crippen MR) is 111 cm³/mol. The third kappa shape index (κ3) is 5.03. The standard InChI is InChI=1S/C20H29N5O3/c1-4-5-10-25-17(21)16(19(27)23-20(25)28)24(11-13(2)3)12-14-6-8-15(9-7-14)18(22)26/h6-9,13H,4-5,10-12,21H2,1-3H3,(H2,22,26)(H,23,27,28). The minimum absolute atomic E-state index is 0.177. The molecule has 28 heavy (non-hydrogen) atoms. The van der Waals surface area contributed by atoms with Crippen molar-refractivity contribution in [2.24, 2.45) is 11.7 Å². The number of carbonyl (C=O) groups excluding carboxylic acids is 1. The number of nitrogen functional groups attached to an aromatic ring is 1. The highest BCUT2D eigenvalue weighted by molar-refractivity contribution is 5.92. The number of nitrogens with zero attached hydrogens (tertiary/aromatic N) is 2. The fraction of sp³-hybridized carbons (Fsp3) is 0.450. The summed E-state index contributed by atoms with van der Waals surface area (Å²) in [7, 11) is 0. The normalized spacial score (nSPS) is 11.0. The zero-order valence-electron chi connectivity index (χ0n) is 16.7. The van der Waals surface area contributed by atoms with Gasteiger partial charge in [0.05, 0.1) is 0 Å². The molecule has 0 bridgehead atoms. The van der Waals surface area contributed by atoms with Crippen LogP contribution in [0, 0.1) is 5.92 Å². The Hall–Kier alpha value is -3.03. The second kappa shape index (κ2) is 9.25. The summed E-state index contributed by atoms with van der Waals surface area (Å²) in [6, 6.07) is 6.90. The molecule has 0 fully saturated rings. The van der Waals surface area contributed by atoms with Crippen molar-refractivity contribution >= 4 is 17.4 Å². The molecule has 152 valence electrons. The average molecular weight is 387 g/mol. The summed E-state index contributed by atoms with van der Waals surface area (Å²) >= 11 is 0. The van der Waals surface area contributed by atoms with Gasteiger partial charge in [0.1, 0.15) is 11.5 Å². The number of benzene rings is 1. The summed E-state index contributed by atoms with van der Waals surface area (Å²) in [5, 5.41) is 0. The molecule has 0 saturated heterocycles. The highest BCUT2D eigenvalue weighted by Crippen LogP contribution is 2.21. The zero-order chi connectivity index (χ0) is 20.8. The molecular formula is C20H29N5O3. The van der Waals surface area contributed by atoms with E-state index in [1.54, 1.807) is 24.3 Å². The van der Waals surface area contributed by atoms with Crippen LogP contribution in [0.1, 0.15) is 49.5 Å². The molecule has 0 atom stereocenters. The molecule has 1 amide bonds.